The number of carbonyl (C=O) groups is 1. The van der Waals surface area contributed by atoms with Gasteiger partial charge in [-0.25, -0.2) is 0 Å². The zero-order valence-corrected chi connectivity index (χ0v) is 11.6. The number of benzene rings is 1. The second-order valence-electron chi connectivity index (χ2n) is 4.43. The Morgan fingerprint density at radius 1 is 1.25 bits per heavy atom. The van der Waals surface area contributed by atoms with E-state index in [0.29, 0.717) is 6.54 Å². The van der Waals surface area contributed by atoms with Gasteiger partial charge in [0.2, 0.25) is 5.91 Å². The van der Waals surface area contributed by atoms with Crippen LogP contribution in [-0.4, -0.2) is 19.6 Å². The quantitative estimate of drug-likeness (QED) is 0.850. The fourth-order valence-corrected chi connectivity index (χ4v) is 1.80. The van der Waals surface area contributed by atoms with Gasteiger partial charge in [-0.3, -0.25) is 4.79 Å². The van der Waals surface area contributed by atoms with Gasteiger partial charge in [0.25, 0.3) is 0 Å². The molecule has 1 heterocycles. The lowest BCUT2D eigenvalue weighted by Crippen LogP contribution is -2.17. The van der Waals surface area contributed by atoms with Crippen LogP contribution in [0.4, 0.5) is 11.4 Å². The number of nitrogens with one attached hydrogen (secondary N) is 2. The van der Waals surface area contributed by atoms with Crippen LogP contribution in [0.1, 0.15) is 11.5 Å². The monoisotopic (exact) mass is 274 g/mol. The molecular formula is C15H18N2O3. The van der Waals surface area contributed by atoms with Gasteiger partial charge in [0.05, 0.1) is 6.54 Å². The van der Waals surface area contributed by atoms with Gasteiger partial charge in [0, 0.05) is 18.5 Å². The summed E-state index contributed by atoms with van der Waals surface area (Å²) in [6, 6.07) is 11.4. The zero-order valence-electron chi connectivity index (χ0n) is 11.6. The number of amides is 1. The highest BCUT2D eigenvalue weighted by Crippen LogP contribution is 2.16. The van der Waals surface area contributed by atoms with Crippen molar-refractivity contribution in [3.8, 4) is 0 Å². The first kappa shape index (κ1) is 14.1. The van der Waals surface area contributed by atoms with E-state index in [-0.39, 0.29) is 12.5 Å². The van der Waals surface area contributed by atoms with Crippen molar-refractivity contribution in [1.29, 1.82) is 0 Å². The third-order valence-corrected chi connectivity index (χ3v) is 2.68. The standard InChI is InChI=1S/C15H18N2O3/c1-11-6-7-14(20-11)9-16-12-4-3-5-13(8-12)17-15(18)10-19-2/h3-8,16H,9-10H2,1-2H3,(H,17,18). The third kappa shape index (κ3) is 4.13. The van der Waals surface area contributed by atoms with Gasteiger partial charge in [-0.05, 0) is 37.3 Å². The van der Waals surface area contributed by atoms with Crippen molar-refractivity contribution in [3.05, 3.63) is 47.9 Å². The van der Waals surface area contributed by atoms with Crippen LogP contribution < -0.4 is 10.6 Å². The normalized spacial score (nSPS) is 10.3. The van der Waals surface area contributed by atoms with Crippen molar-refractivity contribution < 1.29 is 13.9 Å². The molecule has 106 valence electrons. The highest BCUT2D eigenvalue weighted by atomic mass is 16.5. The Morgan fingerprint density at radius 3 is 2.75 bits per heavy atom. The predicted octanol–water partition coefficient (Wildman–Crippen LogP) is 2.79. The number of anilines is 2. The van der Waals surface area contributed by atoms with Gasteiger partial charge >= 0.3 is 0 Å². The summed E-state index contributed by atoms with van der Waals surface area (Å²) < 4.78 is 10.3. The summed E-state index contributed by atoms with van der Waals surface area (Å²) in [5.74, 6) is 1.59. The van der Waals surface area contributed by atoms with Crippen molar-refractivity contribution in [2.75, 3.05) is 24.4 Å². The van der Waals surface area contributed by atoms with E-state index in [9.17, 15) is 4.79 Å². The number of ether oxygens (including phenoxy) is 1. The number of carbonyl (C=O) groups excluding carboxylic acids is 1. The fraction of sp³-hybridized carbons (Fsp3) is 0.267. The molecule has 0 unspecified atom stereocenters. The van der Waals surface area contributed by atoms with Crippen LogP contribution >= 0.6 is 0 Å². The maximum absolute atomic E-state index is 11.4. The van der Waals surface area contributed by atoms with E-state index in [2.05, 4.69) is 10.6 Å². The van der Waals surface area contributed by atoms with Crippen LogP contribution in [0.5, 0.6) is 0 Å². The van der Waals surface area contributed by atoms with E-state index in [1.165, 1.54) is 7.11 Å². The van der Waals surface area contributed by atoms with Crippen LogP contribution in [0.3, 0.4) is 0 Å². The number of rotatable bonds is 6. The number of furan rings is 1. The maximum Gasteiger partial charge on any atom is 0.250 e. The van der Waals surface area contributed by atoms with Crippen molar-refractivity contribution in [2.45, 2.75) is 13.5 Å². The van der Waals surface area contributed by atoms with Crippen LogP contribution in [0.2, 0.25) is 0 Å². The smallest absolute Gasteiger partial charge is 0.250 e. The summed E-state index contributed by atoms with van der Waals surface area (Å²) in [5.41, 5.74) is 1.64. The first-order valence-corrected chi connectivity index (χ1v) is 6.35. The molecule has 2 N–H and O–H groups in total. The van der Waals surface area contributed by atoms with Gasteiger partial charge < -0.3 is 19.8 Å². The Labute approximate surface area is 117 Å². The molecule has 2 rings (SSSR count). The van der Waals surface area contributed by atoms with Crippen molar-refractivity contribution in [3.63, 3.8) is 0 Å². The Kier molecular flexibility index (Phi) is 4.79. The molecule has 0 saturated carbocycles. The molecule has 0 aliphatic rings. The molecule has 0 aliphatic heterocycles. The van der Waals surface area contributed by atoms with E-state index in [4.69, 9.17) is 9.15 Å². The molecule has 1 amide bonds. The average molecular weight is 274 g/mol. The fourth-order valence-electron chi connectivity index (χ4n) is 1.80. The van der Waals surface area contributed by atoms with Crippen molar-refractivity contribution >= 4 is 17.3 Å². The Bertz CT molecular complexity index is 578. The zero-order chi connectivity index (χ0) is 14.4. The van der Waals surface area contributed by atoms with Crippen LogP contribution in [0.15, 0.2) is 40.8 Å². The minimum Gasteiger partial charge on any atom is -0.465 e. The molecule has 5 nitrogen and oxygen atoms in total. The second kappa shape index (κ2) is 6.77. The molecule has 0 radical (unpaired) electrons. The Balaban J connectivity index is 1.93. The van der Waals surface area contributed by atoms with Crippen LogP contribution in [0.25, 0.3) is 0 Å². The number of hydrogen-bond donors (Lipinski definition) is 2. The lowest BCUT2D eigenvalue weighted by molar-refractivity contribution is -0.119. The molecule has 2 aromatic rings. The highest BCUT2D eigenvalue weighted by molar-refractivity contribution is 5.92. The van der Waals surface area contributed by atoms with Crippen LogP contribution in [0, 0.1) is 6.92 Å². The second-order valence-corrected chi connectivity index (χ2v) is 4.43. The molecule has 0 aliphatic carbocycles. The summed E-state index contributed by atoms with van der Waals surface area (Å²) in [4.78, 5) is 11.4. The van der Waals surface area contributed by atoms with E-state index in [1.807, 2.05) is 43.3 Å². The van der Waals surface area contributed by atoms with E-state index in [1.54, 1.807) is 0 Å². The molecular weight excluding hydrogens is 256 g/mol. The molecule has 0 spiro atoms. The first-order valence-electron chi connectivity index (χ1n) is 6.35. The predicted molar refractivity (Wildman–Crippen MR) is 77.7 cm³/mol. The van der Waals surface area contributed by atoms with Gasteiger partial charge in [0.15, 0.2) is 0 Å². The van der Waals surface area contributed by atoms with Crippen LogP contribution in [-0.2, 0) is 16.1 Å². The van der Waals surface area contributed by atoms with Crippen molar-refractivity contribution in [2.24, 2.45) is 0 Å². The summed E-state index contributed by atoms with van der Waals surface area (Å²) in [5, 5.41) is 6.00. The summed E-state index contributed by atoms with van der Waals surface area (Å²) >= 11 is 0. The van der Waals surface area contributed by atoms with E-state index >= 15 is 0 Å². The topological polar surface area (TPSA) is 63.5 Å². The molecule has 0 atom stereocenters. The molecule has 0 saturated heterocycles. The van der Waals surface area contributed by atoms with E-state index < -0.39 is 0 Å². The maximum atomic E-state index is 11.4. The summed E-state index contributed by atoms with van der Waals surface area (Å²) in [7, 11) is 1.49. The van der Waals surface area contributed by atoms with E-state index in [0.717, 1.165) is 22.9 Å². The molecule has 5 heteroatoms. The number of hydrogen-bond acceptors (Lipinski definition) is 4. The molecule has 20 heavy (non-hydrogen) atoms. The first-order chi connectivity index (χ1) is 9.67. The van der Waals surface area contributed by atoms with Gasteiger partial charge in [0.1, 0.15) is 18.1 Å². The molecule has 1 aromatic heterocycles. The van der Waals surface area contributed by atoms with Gasteiger partial charge in [-0.1, -0.05) is 6.07 Å². The Morgan fingerprint density at radius 2 is 2.05 bits per heavy atom. The summed E-state index contributed by atoms with van der Waals surface area (Å²) in [6.07, 6.45) is 0. The minimum absolute atomic E-state index is 0.0450. The summed E-state index contributed by atoms with van der Waals surface area (Å²) in [6.45, 7) is 2.56. The van der Waals surface area contributed by atoms with Gasteiger partial charge in [-0.15, -0.1) is 0 Å². The number of methoxy groups -OCH3 is 1. The lowest BCUT2D eigenvalue weighted by atomic mass is 10.2. The molecule has 0 fully saturated rings. The van der Waals surface area contributed by atoms with Gasteiger partial charge in [-0.2, -0.15) is 0 Å². The van der Waals surface area contributed by atoms with Crippen molar-refractivity contribution in [1.82, 2.24) is 0 Å². The Hall–Kier alpha value is -2.27. The third-order valence-electron chi connectivity index (χ3n) is 2.68. The molecule has 1 aromatic carbocycles. The SMILES string of the molecule is COCC(=O)Nc1cccc(NCc2ccc(C)o2)c1. The largest absolute Gasteiger partial charge is 0.465 e. The molecule has 0 bridgehead atoms. The minimum atomic E-state index is -0.175. The average Bonchev–Trinajstić information content (AvgIpc) is 2.83. The number of aryl methyl sites for hydroxylation is 1. The highest BCUT2D eigenvalue weighted by Gasteiger charge is 2.03. The lowest BCUT2D eigenvalue weighted by Gasteiger charge is -2.08.